The van der Waals surface area contributed by atoms with E-state index in [2.05, 4.69) is 25.6 Å². The standard InChI is InChI=1S/C26H19Cl2F7N6O3/c1-25(31,32)23(43)36-9-11-2-7-15(27)19(18(11)28)39-24-38-16-8-14(22(40-20(16)41-24)44-10-17(29)30)21(42)37-13-5-3-12(4-6-13)26(33,34)35/h2-8,17H,9-10H2,1H3,(H,36,43)(H,37,42)(H2,38,39,40,41). The van der Waals surface area contributed by atoms with Gasteiger partial charge in [-0.1, -0.05) is 29.3 Å². The van der Waals surface area contributed by atoms with E-state index < -0.39 is 48.4 Å². The Balaban J connectivity index is 1.62. The highest BCUT2D eigenvalue weighted by Gasteiger charge is 2.32. The van der Waals surface area contributed by atoms with Gasteiger partial charge < -0.3 is 25.7 Å². The van der Waals surface area contributed by atoms with Crippen LogP contribution in [0.2, 0.25) is 10.0 Å². The number of aromatic nitrogens is 3. The van der Waals surface area contributed by atoms with Crippen LogP contribution in [-0.4, -0.2) is 45.7 Å². The first-order valence-electron chi connectivity index (χ1n) is 12.2. The second kappa shape index (κ2) is 12.7. The zero-order chi connectivity index (χ0) is 32.4. The number of carbonyl (C=O) groups excluding carboxylic acids is 2. The lowest BCUT2D eigenvalue weighted by atomic mass is 10.2. The van der Waals surface area contributed by atoms with Crippen LogP contribution in [-0.2, 0) is 17.5 Å². The SMILES string of the molecule is CC(F)(F)C(=O)NCc1ccc(Cl)c(Nc2nc3nc(OCC(F)F)c(C(=O)Nc4ccc(C(F)(F)F)cc4)cc3[nH]2)c1Cl. The maximum Gasteiger partial charge on any atom is 0.416 e. The van der Waals surface area contributed by atoms with Gasteiger partial charge in [-0.3, -0.25) is 9.59 Å². The molecule has 0 aliphatic carbocycles. The molecule has 0 bridgehead atoms. The molecule has 4 N–H and O–H groups in total. The van der Waals surface area contributed by atoms with Gasteiger partial charge in [0.1, 0.15) is 5.56 Å². The number of carbonyl (C=O) groups is 2. The lowest BCUT2D eigenvalue weighted by Crippen LogP contribution is -2.37. The molecule has 0 atom stereocenters. The van der Waals surface area contributed by atoms with Crippen molar-refractivity contribution in [3.05, 3.63) is 69.2 Å². The third-order valence-corrected chi connectivity index (χ3v) is 6.50. The van der Waals surface area contributed by atoms with E-state index in [4.69, 9.17) is 27.9 Å². The van der Waals surface area contributed by atoms with Gasteiger partial charge in [0.15, 0.2) is 12.3 Å². The van der Waals surface area contributed by atoms with Crippen LogP contribution in [0.15, 0.2) is 42.5 Å². The van der Waals surface area contributed by atoms with E-state index in [0.29, 0.717) is 6.92 Å². The van der Waals surface area contributed by atoms with Gasteiger partial charge in [-0.2, -0.15) is 31.9 Å². The second-order valence-corrected chi connectivity index (χ2v) is 9.91. The molecule has 44 heavy (non-hydrogen) atoms. The molecule has 0 radical (unpaired) electrons. The Morgan fingerprint density at radius 3 is 2.32 bits per heavy atom. The molecule has 9 nitrogen and oxygen atoms in total. The van der Waals surface area contributed by atoms with E-state index in [1.54, 1.807) is 0 Å². The summed E-state index contributed by atoms with van der Waals surface area (Å²) < 4.78 is 95.8. The lowest BCUT2D eigenvalue weighted by Gasteiger charge is -2.14. The fourth-order valence-electron chi connectivity index (χ4n) is 3.64. The van der Waals surface area contributed by atoms with Crippen molar-refractivity contribution in [3.63, 3.8) is 0 Å². The third-order valence-electron chi connectivity index (χ3n) is 5.75. The van der Waals surface area contributed by atoms with Crippen molar-refractivity contribution >= 4 is 63.5 Å². The van der Waals surface area contributed by atoms with Gasteiger partial charge in [0.25, 0.3) is 18.2 Å². The summed E-state index contributed by atoms with van der Waals surface area (Å²) in [5, 5.41) is 7.19. The Hall–Kier alpha value is -4.31. The van der Waals surface area contributed by atoms with E-state index in [0.717, 1.165) is 24.3 Å². The van der Waals surface area contributed by atoms with E-state index in [1.807, 2.05) is 5.32 Å². The van der Waals surface area contributed by atoms with Crippen molar-refractivity contribution in [3.8, 4) is 5.88 Å². The fourth-order valence-corrected chi connectivity index (χ4v) is 4.17. The molecule has 0 aliphatic rings. The Kier molecular flexibility index (Phi) is 9.44. The average Bonchev–Trinajstić information content (AvgIpc) is 3.33. The molecule has 18 heteroatoms. The molecule has 2 amide bonds. The maximum atomic E-state index is 13.2. The lowest BCUT2D eigenvalue weighted by molar-refractivity contribution is -0.143. The minimum atomic E-state index is -4.60. The third kappa shape index (κ3) is 7.79. The van der Waals surface area contributed by atoms with E-state index in [-0.39, 0.29) is 56.2 Å². The number of ether oxygens (including phenoxy) is 1. The number of imidazole rings is 1. The number of alkyl halides is 7. The fraction of sp³-hybridized carbons (Fsp3) is 0.231. The highest BCUT2D eigenvalue weighted by molar-refractivity contribution is 6.39. The minimum absolute atomic E-state index is 0.0297. The summed E-state index contributed by atoms with van der Waals surface area (Å²) in [5.74, 6) is -6.68. The van der Waals surface area contributed by atoms with Gasteiger partial charge in [0, 0.05) is 19.2 Å². The monoisotopic (exact) mass is 666 g/mol. The number of rotatable bonds is 10. The van der Waals surface area contributed by atoms with Gasteiger partial charge in [0.05, 0.1) is 26.8 Å². The Labute approximate surface area is 253 Å². The largest absolute Gasteiger partial charge is 0.471 e. The number of H-pyrrole nitrogens is 1. The number of aromatic amines is 1. The molecule has 0 saturated heterocycles. The number of nitrogens with one attached hydrogen (secondary N) is 4. The molecule has 0 fully saturated rings. The van der Waals surface area contributed by atoms with Crippen molar-refractivity contribution in [2.45, 2.75) is 32.0 Å². The molecule has 4 aromatic rings. The predicted octanol–water partition coefficient (Wildman–Crippen LogP) is 7.19. The number of hydrogen-bond acceptors (Lipinski definition) is 6. The molecule has 0 spiro atoms. The minimum Gasteiger partial charge on any atom is -0.471 e. The number of benzene rings is 2. The quantitative estimate of drug-likeness (QED) is 0.133. The molecule has 0 unspecified atom stereocenters. The van der Waals surface area contributed by atoms with E-state index >= 15 is 0 Å². The van der Waals surface area contributed by atoms with Crippen molar-refractivity contribution in [2.75, 3.05) is 17.2 Å². The maximum absolute atomic E-state index is 13.2. The topological polar surface area (TPSA) is 121 Å². The molecule has 2 aromatic heterocycles. The summed E-state index contributed by atoms with van der Waals surface area (Å²) in [6.07, 6.45) is -7.53. The smallest absolute Gasteiger partial charge is 0.416 e. The van der Waals surface area contributed by atoms with Crippen LogP contribution in [0.1, 0.15) is 28.4 Å². The van der Waals surface area contributed by atoms with E-state index in [1.165, 1.54) is 18.2 Å². The molecule has 0 saturated carbocycles. The highest BCUT2D eigenvalue weighted by Crippen LogP contribution is 2.36. The summed E-state index contributed by atoms with van der Waals surface area (Å²) in [6, 6.07) is 7.45. The summed E-state index contributed by atoms with van der Waals surface area (Å²) in [4.78, 5) is 35.5. The molecular weight excluding hydrogens is 648 g/mol. The van der Waals surface area contributed by atoms with Crippen LogP contribution in [0.3, 0.4) is 0 Å². The molecule has 2 heterocycles. The number of anilines is 3. The number of pyridine rings is 1. The number of halogens is 9. The first-order chi connectivity index (χ1) is 20.5. The van der Waals surface area contributed by atoms with Crippen LogP contribution in [0.5, 0.6) is 5.88 Å². The Bertz CT molecular complexity index is 1690. The predicted molar refractivity (Wildman–Crippen MR) is 147 cm³/mol. The normalized spacial score (nSPS) is 12.0. The van der Waals surface area contributed by atoms with Crippen LogP contribution in [0.25, 0.3) is 11.2 Å². The second-order valence-electron chi connectivity index (χ2n) is 9.12. The van der Waals surface area contributed by atoms with Crippen LogP contribution >= 0.6 is 23.2 Å². The summed E-state index contributed by atoms with van der Waals surface area (Å²) in [5.41, 5.74) is -1.08. The van der Waals surface area contributed by atoms with Gasteiger partial charge in [-0.05, 0) is 42.0 Å². The van der Waals surface area contributed by atoms with Gasteiger partial charge in [-0.15, -0.1) is 0 Å². The zero-order valence-corrected chi connectivity index (χ0v) is 23.6. The number of amides is 2. The van der Waals surface area contributed by atoms with Crippen molar-refractivity contribution in [1.29, 1.82) is 0 Å². The molecular formula is C26H19Cl2F7N6O3. The van der Waals surface area contributed by atoms with Crippen molar-refractivity contribution < 1.29 is 45.1 Å². The van der Waals surface area contributed by atoms with Crippen LogP contribution in [0, 0.1) is 0 Å². The summed E-state index contributed by atoms with van der Waals surface area (Å²) >= 11 is 12.6. The zero-order valence-electron chi connectivity index (χ0n) is 22.1. The number of fused-ring (bicyclic) bond motifs is 1. The first-order valence-corrected chi connectivity index (χ1v) is 13.0. The van der Waals surface area contributed by atoms with E-state index in [9.17, 15) is 40.3 Å². The van der Waals surface area contributed by atoms with Crippen molar-refractivity contribution in [2.24, 2.45) is 0 Å². The first kappa shape index (κ1) is 32.6. The Morgan fingerprint density at radius 1 is 1.02 bits per heavy atom. The highest BCUT2D eigenvalue weighted by atomic mass is 35.5. The van der Waals surface area contributed by atoms with Crippen molar-refractivity contribution in [1.82, 2.24) is 20.3 Å². The van der Waals surface area contributed by atoms with Gasteiger partial charge >= 0.3 is 12.1 Å². The van der Waals surface area contributed by atoms with Crippen LogP contribution < -0.4 is 20.7 Å². The molecule has 234 valence electrons. The van der Waals surface area contributed by atoms with Gasteiger partial charge in [-0.25, -0.2) is 8.78 Å². The number of hydrogen-bond donors (Lipinski definition) is 4. The Morgan fingerprint density at radius 2 is 1.70 bits per heavy atom. The number of nitrogens with zero attached hydrogens (tertiary/aromatic N) is 2. The molecule has 0 aliphatic heterocycles. The molecule has 4 rings (SSSR count). The summed E-state index contributed by atoms with van der Waals surface area (Å²) in [7, 11) is 0. The van der Waals surface area contributed by atoms with Gasteiger partial charge in [0.2, 0.25) is 11.8 Å². The summed E-state index contributed by atoms with van der Waals surface area (Å²) in [6.45, 7) is -1.06. The average molecular weight is 667 g/mol. The molecule has 2 aromatic carbocycles. The van der Waals surface area contributed by atoms with Crippen LogP contribution in [0.4, 0.5) is 48.1 Å².